The van der Waals surface area contributed by atoms with Gasteiger partial charge in [-0.1, -0.05) is 12.1 Å². The predicted octanol–water partition coefficient (Wildman–Crippen LogP) is 5.34. The summed E-state index contributed by atoms with van der Waals surface area (Å²) in [6.07, 6.45) is 2.63. The van der Waals surface area contributed by atoms with Gasteiger partial charge in [-0.2, -0.15) is 4.98 Å². The Morgan fingerprint density at radius 2 is 2.03 bits per heavy atom. The Balaban J connectivity index is 1.50. The van der Waals surface area contributed by atoms with E-state index < -0.39 is 12.1 Å². The van der Waals surface area contributed by atoms with E-state index >= 15 is 4.39 Å². The van der Waals surface area contributed by atoms with Crippen molar-refractivity contribution in [3.63, 3.8) is 0 Å². The molecule has 0 radical (unpaired) electrons. The zero-order valence-corrected chi connectivity index (χ0v) is 21.3. The van der Waals surface area contributed by atoms with Crippen LogP contribution in [0.2, 0.25) is 0 Å². The molecule has 1 saturated heterocycles. The van der Waals surface area contributed by atoms with Crippen molar-refractivity contribution in [3.05, 3.63) is 47.4 Å². The lowest BCUT2D eigenvalue weighted by Gasteiger charge is -2.31. The van der Waals surface area contributed by atoms with Gasteiger partial charge in [0, 0.05) is 18.4 Å². The number of hydrogen-bond acceptors (Lipinski definition) is 7. The molecule has 8 nitrogen and oxygen atoms in total. The van der Waals surface area contributed by atoms with Crippen molar-refractivity contribution < 1.29 is 23.4 Å². The predicted molar refractivity (Wildman–Crippen MR) is 131 cm³/mol. The van der Waals surface area contributed by atoms with E-state index in [2.05, 4.69) is 15.3 Å². The van der Waals surface area contributed by atoms with Crippen molar-refractivity contribution in [1.82, 2.24) is 9.97 Å². The molecule has 1 amide bonds. The molecule has 4 rings (SSSR count). The summed E-state index contributed by atoms with van der Waals surface area (Å²) in [6, 6.07) is 6.20. The first kappa shape index (κ1) is 25.3. The largest absolute Gasteiger partial charge is 0.447 e. The van der Waals surface area contributed by atoms with E-state index in [-0.39, 0.29) is 41.7 Å². The van der Waals surface area contributed by atoms with Gasteiger partial charge in [-0.05, 0) is 72.1 Å². The van der Waals surface area contributed by atoms with Crippen LogP contribution in [0, 0.1) is 5.82 Å². The van der Waals surface area contributed by atoms with Gasteiger partial charge in [-0.15, -0.1) is 0 Å². The molecule has 2 aliphatic rings. The van der Waals surface area contributed by atoms with E-state index in [9.17, 15) is 4.79 Å². The molecule has 2 heterocycles. The summed E-state index contributed by atoms with van der Waals surface area (Å²) < 4.78 is 32.2. The van der Waals surface area contributed by atoms with Gasteiger partial charge in [0.05, 0.1) is 23.3 Å². The molecule has 190 valence electrons. The first-order chi connectivity index (χ1) is 16.5. The summed E-state index contributed by atoms with van der Waals surface area (Å²) in [5.41, 5.74) is 0.667. The minimum absolute atomic E-state index is 0.208. The number of anilines is 2. The molecule has 0 bridgehead atoms. The number of amides is 1. The number of halogens is 1. The quantitative estimate of drug-likeness (QED) is 0.512. The van der Waals surface area contributed by atoms with Crippen LogP contribution in [-0.4, -0.2) is 47.0 Å². The van der Waals surface area contributed by atoms with E-state index in [0.29, 0.717) is 18.0 Å². The summed E-state index contributed by atoms with van der Waals surface area (Å²) in [5.74, 6) is 0.380. The number of cyclic esters (lactones) is 1. The summed E-state index contributed by atoms with van der Waals surface area (Å²) in [4.78, 5) is 22.8. The monoisotopic (exact) mass is 486 g/mol. The Bertz CT molecular complexity index is 1070. The minimum atomic E-state index is -0.484. The lowest BCUT2D eigenvalue weighted by molar-refractivity contribution is -0.0618. The second-order valence-corrected chi connectivity index (χ2v) is 10.2. The van der Waals surface area contributed by atoms with Crippen molar-refractivity contribution in [2.24, 2.45) is 0 Å². The standard InChI is InChI=1S/C26H35FN4O4/c1-7-34-26(11-12-26)18-8-9-19(20(27)14-18)16(2)29-23-28-13-10-22(30-23)31-21(15-33-24(31)32)17(3)35-25(4,5)6/h8-10,13-14,16-17,21H,7,11-12,15H2,1-6H3,(H,28,29,30)/t16-,17+,21+/m0/s1. The van der Waals surface area contributed by atoms with Crippen LogP contribution in [0.3, 0.4) is 0 Å². The van der Waals surface area contributed by atoms with Crippen LogP contribution >= 0.6 is 0 Å². The Hall–Kier alpha value is -2.78. The first-order valence-corrected chi connectivity index (χ1v) is 12.2. The van der Waals surface area contributed by atoms with E-state index in [1.54, 1.807) is 24.4 Å². The minimum Gasteiger partial charge on any atom is -0.447 e. The number of benzene rings is 1. The number of aromatic nitrogens is 2. The smallest absolute Gasteiger partial charge is 0.416 e. The van der Waals surface area contributed by atoms with E-state index in [0.717, 1.165) is 18.4 Å². The van der Waals surface area contributed by atoms with Gasteiger partial charge < -0.3 is 19.5 Å². The fraction of sp³-hybridized carbons (Fsp3) is 0.577. The number of carbonyl (C=O) groups excluding carboxylic acids is 1. The topological polar surface area (TPSA) is 85.8 Å². The molecule has 1 saturated carbocycles. The number of nitrogens with zero attached hydrogens (tertiary/aromatic N) is 3. The highest BCUT2D eigenvalue weighted by molar-refractivity contribution is 5.89. The highest BCUT2D eigenvalue weighted by atomic mass is 19.1. The summed E-state index contributed by atoms with van der Waals surface area (Å²) in [5, 5.41) is 3.16. The number of carbonyl (C=O) groups is 1. The van der Waals surface area contributed by atoms with E-state index in [1.807, 2.05) is 47.6 Å². The van der Waals surface area contributed by atoms with E-state index in [4.69, 9.17) is 14.2 Å². The average molecular weight is 487 g/mol. The normalized spacial score (nSPS) is 20.9. The van der Waals surface area contributed by atoms with Crippen LogP contribution in [0.15, 0.2) is 30.5 Å². The zero-order chi connectivity index (χ0) is 25.4. The SMILES string of the molecule is CCOC1(c2ccc([C@H](C)Nc3nccc(N4C(=O)OC[C@@H]4[C@@H](C)OC(C)(C)C)n3)c(F)c2)CC1. The first-order valence-electron chi connectivity index (χ1n) is 12.2. The maximum atomic E-state index is 15.0. The van der Waals surface area contributed by atoms with Crippen molar-refractivity contribution in [1.29, 1.82) is 0 Å². The van der Waals surface area contributed by atoms with Crippen molar-refractivity contribution in [2.45, 2.75) is 83.8 Å². The fourth-order valence-corrected chi connectivity index (χ4v) is 4.57. The number of hydrogen-bond donors (Lipinski definition) is 1. The van der Waals surface area contributed by atoms with Crippen LogP contribution < -0.4 is 10.2 Å². The highest BCUT2D eigenvalue weighted by Gasteiger charge is 2.45. The molecule has 1 aliphatic heterocycles. The number of rotatable bonds is 9. The van der Waals surface area contributed by atoms with Crippen LogP contribution in [0.25, 0.3) is 0 Å². The lowest BCUT2D eigenvalue weighted by Crippen LogP contribution is -2.45. The molecular formula is C26H35FN4O4. The third-order valence-electron chi connectivity index (χ3n) is 6.34. The van der Waals surface area contributed by atoms with Gasteiger partial charge in [-0.25, -0.2) is 14.2 Å². The molecule has 0 unspecified atom stereocenters. The molecule has 1 aromatic heterocycles. The Morgan fingerprint density at radius 3 is 2.66 bits per heavy atom. The zero-order valence-electron chi connectivity index (χ0n) is 21.3. The van der Waals surface area contributed by atoms with Crippen LogP contribution in [-0.2, 0) is 19.8 Å². The Morgan fingerprint density at radius 1 is 1.29 bits per heavy atom. The number of nitrogens with one attached hydrogen (secondary N) is 1. The van der Waals surface area contributed by atoms with Crippen LogP contribution in [0.5, 0.6) is 0 Å². The van der Waals surface area contributed by atoms with Crippen molar-refractivity contribution >= 4 is 17.9 Å². The molecule has 0 spiro atoms. The average Bonchev–Trinajstić information content (AvgIpc) is 3.46. The van der Waals surface area contributed by atoms with Crippen molar-refractivity contribution in [3.8, 4) is 0 Å². The second-order valence-electron chi connectivity index (χ2n) is 10.2. The molecule has 9 heteroatoms. The van der Waals surface area contributed by atoms with Crippen LogP contribution in [0.4, 0.5) is 21.0 Å². The summed E-state index contributed by atoms with van der Waals surface area (Å²) >= 11 is 0. The maximum absolute atomic E-state index is 15.0. The second kappa shape index (κ2) is 9.70. The molecule has 1 aromatic carbocycles. The van der Waals surface area contributed by atoms with Gasteiger partial charge in [-0.3, -0.25) is 4.90 Å². The molecular weight excluding hydrogens is 451 g/mol. The van der Waals surface area contributed by atoms with Gasteiger partial charge >= 0.3 is 6.09 Å². The molecule has 1 N–H and O–H groups in total. The number of ether oxygens (including phenoxy) is 3. The third-order valence-corrected chi connectivity index (χ3v) is 6.34. The van der Waals surface area contributed by atoms with Gasteiger partial charge in [0.2, 0.25) is 5.95 Å². The van der Waals surface area contributed by atoms with Gasteiger partial charge in [0.1, 0.15) is 24.3 Å². The Kier molecular flexibility index (Phi) is 7.02. The molecule has 2 fully saturated rings. The maximum Gasteiger partial charge on any atom is 0.416 e. The fourth-order valence-electron chi connectivity index (χ4n) is 4.57. The third kappa shape index (κ3) is 5.56. The summed E-state index contributed by atoms with van der Waals surface area (Å²) in [7, 11) is 0. The molecule has 2 aromatic rings. The van der Waals surface area contributed by atoms with Gasteiger partial charge in [0.15, 0.2) is 0 Å². The van der Waals surface area contributed by atoms with Gasteiger partial charge in [0.25, 0.3) is 0 Å². The lowest BCUT2D eigenvalue weighted by atomic mass is 10.0. The highest BCUT2D eigenvalue weighted by Crippen LogP contribution is 2.49. The van der Waals surface area contributed by atoms with Crippen LogP contribution in [0.1, 0.15) is 71.6 Å². The molecule has 1 aliphatic carbocycles. The summed E-state index contributed by atoms with van der Waals surface area (Å²) in [6.45, 7) is 12.4. The van der Waals surface area contributed by atoms with Crippen molar-refractivity contribution in [2.75, 3.05) is 23.4 Å². The molecule has 35 heavy (non-hydrogen) atoms. The van der Waals surface area contributed by atoms with E-state index in [1.165, 1.54) is 4.90 Å². The Labute approximate surface area is 206 Å². The molecule has 3 atom stereocenters.